The average Bonchev–Trinajstić information content (AvgIpc) is 2.85. The number of nitrogens with zero attached hydrogens (tertiary/aromatic N) is 1. The van der Waals surface area contributed by atoms with E-state index in [4.69, 9.17) is 0 Å². The quantitative estimate of drug-likeness (QED) is 0.785. The Morgan fingerprint density at radius 1 is 1.15 bits per heavy atom. The van der Waals surface area contributed by atoms with Gasteiger partial charge in [0, 0.05) is 6.04 Å². The summed E-state index contributed by atoms with van der Waals surface area (Å²) in [7, 11) is 0. The Labute approximate surface area is 162 Å². The van der Waals surface area contributed by atoms with Crippen molar-refractivity contribution in [1.82, 2.24) is 15.5 Å². The molecule has 148 valence electrons. The zero-order valence-corrected chi connectivity index (χ0v) is 17.2. The number of imide groups is 1. The van der Waals surface area contributed by atoms with Gasteiger partial charge in [-0.2, -0.15) is 0 Å². The normalized spacial score (nSPS) is 29.9. The van der Waals surface area contributed by atoms with Crippen LogP contribution < -0.4 is 10.6 Å². The summed E-state index contributed by atoms with van der Waals surface area (Å²) in [5.74, 6) is 0.255. The van der Waals surface area contributed by atoms with Crippen molar-refractivity contribution in [2.75, 3.05) is 6.67 Å². The van der Waals surface area contributed by atoms with E-state index in [1.807, 2.05) is 18.2 Å². The number of hydrogen-bond acceptors (Lipinski definition) is 3. The highest BCUT2D eigenvalue weighted by molar-refractivity contribution is 6.07. The first-order valence-electron chi connectivity index (χ1n) is 10.1. The molecule has 1 aromatic rings. The van der Waals surface area contributed by atoms with E-state index in [0.717, 1.165) is 24.8 Å². The van der Waals surface area contributed by atoms with Crippen LogP contribution in [0.3, 0.4) is 0 Å². The summed E-state index contributed by atoms with van der Waals surface area (Å²) in [5.41, 5.74) is 0.371. The summed E-state index contributed by atoms with van der Waals surface area (Å²) < 4.78 is 0. The number of urea groups is 1. The van der Waals surface area contributed by atoms with Crippen molar-refractivity contribution in [1.29, 1.82) is 0 Å². The van der Waals surface area contributed by atoms with Crippen LogP contribution in [0, 0.1) is 17.3 Å². The maximum Gasteiger partial charge on any atom is 0.326 e. The molecule has 3 rings (SSSR count). The second kappa shape index (κ2) is 7.27. The molecule has 2 aliphatic rings. The van der Waals surface area contributed by atoms with E-state index < -0.39 is 5.54 Å². The molecule has 0 radical (unpaired) electrons. The maximum atomic E-state index is 13.3. The number of carbonyl (C=O) groups excluding carboxylic acids is 2. The van der Waals surface area contributed by atoms with Gasteiger partial charge in [-0.25, -0.2) is 9.69 Å². The van der Waals surface area contributed by atoms with Gasteiger partial charge in [0.05, 0.1) is 6.67 Å². The van der Waals surface area contributed by atoms with Gasteiger partial charge in [0.25, 0.3) is 5.91 Å². The molecule has 3 atom stereocenters. The Bertz CT molecular complexity index is 685. The summed E-state index contributed by atoms with van der Waals surface area (Å²) in [4.78, 5) is 27.4. The van der Waals surface area contributed by atoms with Gasteiger partial charge in [-0.1, -0.05) is 71.4 Å². The lowest BCUT2D eigenvalue weighted by atomic mass is 9.67. The minimum atomic E-state index is -0.735. The van der Waals surface area contributed by atoms with E-state index in [0.29, 0.717) is 0 Å². The molecule has 5 nitrogen and oxygen atoms in total. The fourth-order valence-corrected chi connectivity index (χ4v) is 4.85. The summed E-state index contributed by atoms with van der Waals surface area (Å²) in [6, 6.07) is 9.97. The van der Waals surface area contributed by atoms with Gasteiger partial charge in [-0.15, -0.1) is 0 Å². The molecule has 1 aromatic carbocycles. The van der Waals surface area contributed by atoms with Gasteiger partial charge >= 0.3 is 6.03 Å². The molecular weight excluding hydrogens is 338 g/mol. The first-order valence-corrected chi connectivity index (χ1v) is 10.1. The Morgan fingerprint density at radius 3 is 2.30 bits per heavy atom. The van der Waals surface area contributed by atoms with Gasteiger partial charge in [0.1, 0.15) is 5.54 Å². The van der Waals surface area contributed by atoms with Crippen LogP contribution in [0.15, 0.2) is 30.3 Å². The van der Waals surface area contributed by atoms with Gasteiger partial charge in [-0.3, -0.25) is 10.1 Å². The lowest BCUT2D eigenvalue weighted by Crippen LogP contribution is -2.59. The molecule has 0 aromatic heterocycles. The third-order valence-corrected chi connectivity index (χ3v) is 6.44. The highest BCUT2D eigenvalue weighted by Crippen LogP contribution is 2.42. The van der Waals surface area contributed by atoms with Crippen molar-refractivity contribution in [3.63, 3.8) is 0 Å². The number of nitrogens with one attached hydrogen (secondary N) is 2. The van der Waals surface area contributed by atoms with Gasteiger partial charge < -0.3 is 5.32 Å². The van der Waals surface area contributed by atoms with E-state index in [-0.39, 0.29) is 41.9 Å². The van der Waals surface area contributed by atoms with Crippen LogP contribution in [0.25, 0.3) is 0 Å². The molecule has 2 fully saturated rings. The van der Waals surface area contributed by atoms with Crippen molar-refractivity contribution in [3.05, 3.63) is 35.9 Å². The van der Waals surface area contributed by atoms with Crippen LogP contribution in [0.5, 0.6) is 0 Å². The second-order valence-corrected chi connectivity index (χ2v) is 9.34. The lowest BCUT2D eigenvalue weighted by molar-refractivity contribution is -0.136. The molecule has 5 heteroatoms. The number of amides is 3. The molecule has 3 unspecified atom stereocenters. The second-order valence-electron chi connectivity index (χ2n) is 9.34. The molecule has 3 amide bonds. The molecule has 1 saturated carbocycles. The molecule has 1 aliphatic heterocycles. The van der Waals surface area contributed by atoms with E-state index in [1.165, 1.54) is 4.90 Å². The van der Waals surface area contributed by atoms with Crippen LogP contribution in [0.1, 0.15) is 65.5 Å². The molecule has 1 heterocycles. The van der Waals surface area contributed by atoms with E-state index in [1.54, 1.807) is 0 Å². The van der Waals surface area contributed by atoms with Crippen LogP contribution in [-0.4, -0.2) is 29.0 Å². The number of rotatable bonds is 4. The molecular formula is C22H33N3O2. The van der Waals surface area contributed by atoms with Crippen molar-refractivity contribution < 1.29 is 9.59 Å². The van der Waals surface area contributed by atoms with E-state index in [2.05, 4.69) is 57.4 Å². The third-order valence-electron chi connectivity index (χ3n) is 6.44. The molecule has 0 bridgehead atoms. The molecule has 1 spiro atoms. The van der Waals surface area contributed by atoms with Gasteiger partial charge in [0.15, 0.2) is 0 Å². The van der Waals surface area contributed by atoms with E-state index in [9.17, 15) is 9.59 Å². The summed E-state index contributed by atoms with van der Waals surface area (Å²) in [6.07, 6.45) is 3.07. The topological polar surface area (TPSA) is 61.4 Å². The Balaban J connectivity index is 1.79. The number of benzene rings is 1. The molecule has 2 N–H and O–H groups in total. The zero-order valence-electron chi connectivity index (χ0n) is 17.2. The van der Waals surface area contributed by atoms with Gasteiger partial charge in [0.2, 0.25) is 0 Å². The first-order chi connectivity index (χ1) is 12.7. The maximum absolute atomic E-state index is 13.3. The van der Waals surface area contributed by atoms with E-state index >= 15 is 0 Å². The zero-order chi connectivity index (χ0) is 19.8. The van der Waals surface area contributed by atoms with Crippen LogP contribution in [0.4, 0.5) is 4.79 Å². The fourth-order valence-electron chi connectivity index (χ4n) is 4.85. The summed E-state index contributed by atoms with van der Waals surface area (Å²) in [5, 5.41) is 6.54. The van der Waals surface area contributed by atoms with Crippen molar-refractivity contribution in [3.8, 4) is 0 Å². The predicted octanol–water partition coefficient (Wildman–Crippen LogP) is 4.07. The minimum Gasteiger partial charge on any atom is -0.323 e. The van der Waals surface area contributed by atoms with Crippen LogP contribution in [-0.2, 0) is 4.79 Å². The highest BCUT2D eigenvalue weighted by Gasteiger charge is 2.58. The standard InChI is InChI=1S/C22H33N3O2/c1-15-10-9-11-16(2)22(15)19(26)25(20(27)24-22)14-23-18(21(3,4)5)17-12-7-6-8-13-17/h6-8,12-13,15-16,18,23H,9-11,14H2,1-5H3,(H,24,27). The number of carbonyl (C=O) groups is 2. The number of hydrogen-bond donors (Lipinski definition) is 2. The largest absolute Gasteiger partial charge is 0.326 e. The smallest absolute Gasteiger partial charge is 0.323 e. The molecule has 27 heavy (non-hydrogen) atoms. The lowest BCUT2D eigenvalue weighted by Gasteiger charge is -2.42. The minimum absolute atomic E-state index is 0.0389. The fraction of sp³-hybridized carbons (Fsp3) is 0.636. The average molecular weight is 372 g/mol. The van der Waals surface area contributed by atoms with Crippen molar-refractivity contribution in [2.45, 2.75) is 65.5 Å². The van der Waals surface area contributed by atoms with Crippen LogP contribution >= 0.6 is 0 Å². The monoisotopic (exact) mass is 371 g/mol. The first kappa shape index (κ1) is 19.9. The SMILES string of the molecule is CC1CCCC(C)C12NC(=O)N(CNC(c1ccccc1)C(C)(C)C)C2=O. The van der Waals surface area contributed by atoms with Crippen LogP contribution in [0.2, 0.25) is 0 Å². The summed E-state index contributed by atoms with van der Waals surface area (Å²) in [6.45, 7) is 10.9. The predicted molar refractivity (Wildman–Crippen MR) is 107 cm³/mol. The Morgan fingerprint density at radius 2 is 1.74 bits per heavy atom. The Hall–Kier alpha value is -1.88. The van der Waals surface area contributed by atoms with Gasteiger partial charge in [-0.05, 0) is 35.7 Å². The Kier molecular flexibility index (Phi) is 5.35. The highest BCUT2D eigenvalue weighted by atomic mass is 16.2. The molecule has 1 saturated heterocycles. The van der Waals surface area contributed by atoms with Crippen molar-refractivity contribution in [2.24, 2.45) is 17.3 Å². The van der Waals surface area contributed by atoms with Crippen molar-refractivity contribution >= 4 is 11.9 Å². The third kappa shape index (κ3) is 3.49. The molecule has 1 aliphatic carbocycles. The summed E-state index contributed by atoms with van der Waals surface area (Å²) >= 11 is 0.